The van der Waals surface area contributed by atoms with Gasteiger partial charge >= 0.3 is 0 Å². The Kier molecular flexibility index (Phi) is 5.21. The van der Waals surface area contributed by atoms with Crippen LogP contribution in [0.3, 0.4) is 0 Å². The molecule has 108 valence electrons. The molecule has 1 N–H and O–H groups in total. The van der Waals surface area contributed by atoms with Crippen molar-refractivity contribution in [2.45, 2.75) is 39.8 Å². The summed E-state index contributed by atoms with van der Waals surface area (Å²) in [5, 5.41) is 8.69. The fraction of sp³-hybridized carbons (Fsp3) is 0.438. The number of halogens is 1. The number of aryl methyl sites for hydroxylation is 2. The quantitative estimate of drug-likeness (QED) is 0.878. The highest BCUT2D eigenvalue weighted by Crippen LogP contribution is 2.24. The summed E-state index contributed by atoms with van der Waals surface area (Å²) in [7, 11) is 0. The summed E-state index contributed by atoms with van der Waals surface area (Å²) < 4.78 is 1.97. The summed E-state index contributed by atoms with van der Waals surface area (Å²) in [5.41, 5.74) is 3.79. The number of benzene rings is 1. The van der Waals surface area contributed by atoms with Crippen LogP contribution >= 0.6 is 11.6 Å². The van der Waals surface area contributed by atoms with Crippen LogP contribution in [0.25, 0.3) is 0 Å². The average Bonchev–Trinajstić information content (AvgIpc) is 2.86. The van der Waals surface area contributed by atoms with E-state index in [1.165, 1.54) is 16.7 Å². The van der Waals surface area contributed by atoms with Gasteiger partial charge in [-0.25, -0.2) is 0 Å². The van der Waals surface area contributed by atoms with E-state index in [4.69, 9.17) is 11.6 Å². The van der Waals surface area contributed by atoms with Gasteiger partial charge in [-0.15, -0.1) is 0 Å². The predicted molar refractivity (Wildman–Crippen MR) is 84.2 cm³/mol. The fourth-order valence-electron chi connectivity index (χ4n) is 2.49. The van der Waals surface area contributed by atoms with Crippen LogP contribution in [0.1, 0.15) is 36.6 Å². The standard InChI is InChI=1S/C16H22ClN3/c1-4-18-16(9-13-10-19-20(5-2)11-13)15-7-6-14(17)8-12(15)3/h6-8,10-11,16,18H,4-5,9H2,1-3H3. The normalized spacial score (nSPS) is 12.6. The van der Waals surface area contributed by atoms with Crippen molar-refractivity contribution in [1.29, 1.82) is 0 Å². The van der Waals surface area contributed by atoms with Gasteiger partial charge in [0.1, 0.15) is 0 Å². The van der Waals surface area contributed by atoms with E-state index in [9.17, 15) is 0 Å². The number of nitrogens with one attached hydrogen (secondary N) is 1. The van der Waals surface area contributed by atoms with Gasteiger partial charge in [0.15, 0.2) is 0 Å². The zero-order chi connectivity index (χ0) is 14.5. The molecule has 0 saturated carbocycles. The molecule has 0 fully saturated rings. The molecule has 0 spiro atoms. The zero-order valence-corrected chi connectivity index (χ0v) is 13.1. The monoisotopic (exact) mass is 291 g/mol. The lowest BCUT2D eigenvalue weighted by molar-refractivity contribution is 0.547. The third-order valence-corrected chi connectivity index (χ3v) is 3.74. The first-order valence-electron chi connectivity index (χ1n) is 7.14. The second kappa shape index (κ2) is 6.91. The summed E-state index contributed by atoms with van der Waals surface area (Å²) in [4.78, 5) is 0. The molecule has 3 nitrogen and oxygen atoms in total. The van der Waals surface area contributed by atoms with Gasteiger partial charge in [-0.05, 0) is 55.6 Å². The Hall–Kier alpha value is -1.32. The van der Waals surface area contributed by atoms with E-state index in [0.29, 0.717) is 6.04 Å². The molecular weight excluding hydrogens is 270 g/mol. The van der Waals surface area contributed by atoms with Crippen molar-refractivity contribution in [2.24, 2.45) is 0 Å². The molecule has 0 bridgehead atoms. The van der Waals surface area contributed by atoms with Crippen LogP contribution in [-0.4, -0.2) is 16.3 Å². The van der Waals surface area contributed by atoms with Gasteiger partial charge < -0.3 is 5.32 Å². The molecule has 0 saturated heterocycles. The van der Waals surface area contributed by atoms with Crippen LogP contribution in [0.5, 0.6) is 0 Å². The SMILES string of the molecule is CCNC(Cc1cnn(CC)c1)c1ccc(Cl)cc1C. The molecule has 20 heavy (non-hydrogen) atoms. The van der Waals surface area contributed by atoms with Crippen molar-refractivity contribution in [3.05, 3.63) is 52.3 Å². The van der Waals surface area contributed by atoms with E-state index >= 15 is 0 Å². The van der Waals surface area contributed by atoms with E-state index in [2.05, 4.69) is 43.4 Å². The number of aromatic nitrogens is 2. The van der Waals surface area contributed by atoms with Gasteiger partial charge in [0.2, 0.25) is 0 Å². The molecule has 1 aromatic carbocycles. The van der Waals surface area contributed by atoms with E-state index < -0.39 is 0 Å². The van der Waals surface area contributed by atoms with E-state index in [1.807, 2.05) is 23.0 Å². The Morgan fingerprint density at radius 1 is 1.35 bits per heavy atom. The lowest BCUT2D eigenvalue weighted by Crippen LogP contribution is -2.23. The largest absolute Gasteiger partial charge is 0.310 e. The highest BCUT2D eigenvalue weighted by atomic mass is 35.5. The molecule has 2 aromatic rings. The molecule has 1 atom stereocenters. The van der Waals surface area contributed by atoms with E-state index in [0.717, 1.165) is 24.5 Å². The number of hydrogen-bond donors (Lipinski definition) is 1. The summed E-state index contributed by atoms with van der Waals surface area (Å²) in [6, 6.07) is 6.40. The summed E-state index contributed by atoms with van der Waals surface area (Å²) >= 11 is 6.05. The summed E-state index contributed by atoms with van der Waals surface area (Å²) in [5.74, 6) is 0. The van der Waals surface area contributed by atoms with E-state index in [1.54, 1.807) is 0 Å². The fourth-order valence-corrected chi connectivity index (χ4v) is 2.72. The van der Waals surface area contributed by atoms with Crippen molar-refractivity contribution >= 4 is 11.6 Å². The molecule has 4 heteroatoms. The summed E-state index contributed by atoms with van der Waals surface area (Å²) in [6.45, 7) is 8.19. The van der Waals surface area contributed by atoms with Crippen molar-refractivity contribution in [3.8, 4) is 0 Å². The van der Waals surface area contributed by atoms with Crippen LogP contribution in [0.15, 0.2) is 30.6 Å². The summed E-state index contributed by atoms with van der Waals surface area (Å²) in [6.07, 6.45) is 5.02. The Balaban J connectivity index is 2.21. The Morgan fingerprint density at radius 2 is 2.15 bits per heavy atom. The molecule has 0 aliphatic rings. The topological polar surface area (TPSA) is 29.9 Å². The second-order valence-corrected chi connectivity index (χ2v) is 5.46. The number of rotatable bonds is 6. The number of hydrogen-bond acceptors (Lipinski definition) is 2. The van der Waals surface area contributed by atoms with E-state index in [-0.39, 0.29) is 0 Å². The van der Waals surface area contributed by atoms with Crippen molar-refractivity contribution in [2.75, 3.05) is 6.54 Å². The number of likely N-dealkylation sites (N-methyl/N-ethyl adjacent to an activating group) is 1. The molecule has 0 aliphatic carbocycles. The van der Waals surface area contributed by atoms with Crippen molar-refractivity contribution < 1.29 is 0 Å². The maximum absolute atomic E-state index is 6.05. The van der Waals surface area contributed by atoms with Gasteiger partial charge in [0.25, 0.3) is 0 Å². The minimum atomic E-state index is 0.298. The minimum absolute atomic E-state index is 0.298. The Bertz CT molecular complexity index is 563. The van der Waals surface area contributed by atoms with Gasteiger partial charge in [-0.2, -0.15) is 5.10 Å². The average molecular weight is 292 g/mol. The number of nitrogens with zero attached hydrogens (tertiary/aromatic N) is 2. The van der Waals surface area contributed by atoms with Crippen molar-refractivity contribution in [1.82, 2.24) is 15.1 Å². The van der Waals surface area contributed by atoms with Crippen LogP contribution in [0, 0.1) is 6.92 Å². The van der Waals surface area contributed by atoms with Crippen LogP contribution in [-0.2, 0) is 13.0 Å². The Labute approximate surface area is 126 Å². The molecule has 1 aromatic heterocycles. The molecule has 0 amide bonds. The first-order valence-corrected chi connectivity index (χ1v) is 7.52. The minimum Gasteiger partial charge on any atom is -0.310 e. The molecule has 2 rings (SSSR count). The maximum Gasteiger partial charge on any atom is 0.0522 e. The smallest absolute Gasteiger partial charge is 0.0522 e. The predicted octanol–water partition coefficient (Wildman–Crippen LogP) is 3.76. The van der Waals surface area contributed by atoms with Crippen molar-refractivity contribution in [3.63, 3.8) is 0 Å². The molecule has 0 aliphatic heterocycles. The molecule has 1 heterocycles. The van der Waals surface area contributed by atoms with Crippen LogP contribution < -0.4 is 5.32 Å². The molecule has 0 radical (unpaired) electrons. The van der Waals surface area contributed by atoms with Gasteiger partial charge in [-0.1, -0.05) is 24.6 Å². The zero-order valence-electron chi connectivity index (χ0n) is 12.4. The highest BCUT2D eigenvalue weighted by molar-refractivity contribution is 6.30. The highest BCUT2D eigenvalue weighted by Gasteiger charge is 2.14. The van der Waals surface area contributed by atoms with Gasteiger partial charge in [0.05, 0.1) is 6.20 Å². The third kappa shape index (κ3) is 3.62. The Morgan fingerprint density at radius 3 is 2.75 bits per heavy atom. The third-order valence-electron chi connectivity index (χ3n) is 3.51. The maximum atomic E-state index is 6.05. The molecule has 1 unspecified atom stereocenters. The molecular formula is C16H22ClN3. The van der Waals surface area contributed by atoms with Crippen LogP contribution in [0.4, 0.5) is 0 Å². The first kappa shape index (κ1) is 15.1. The first-order chi connectivity index (χ1) is 9.63. The lowest BCUT2D eigenvalue weighted by Gasteiger charge is -2.20. The lowest BCUT2D eigenvalue weighted by atomic mass is 9.96. The van der Waals surface area contributed by atoms with Crippen LogP contribution in [0.2, 0.25) is 5.02 Å². The van der Waals surface area contributed by atoms with Gasteiger partial charge in [0, 0.05) is 23.8 Å². The second-order valence-electron chi connectivity index (χ2n) is 5.02. The van der Waals surface area contributed by atoms with Gasteiger partial charge in [-0.3, -0.25) is 4.68 Å².